The number of nitrogens with zero attached hydrogens (tertiary/aromatic N) is 3. The van der Waals surface area contributed by atoms with E-state index in [2.05, 4.69) is 23.0 Å². The minimum Gasteiger partial charge on any atom is -0.329 e. The van der Waals surface area contributed by atoms with Gasteiger partial charge in [0.2, 0.25) is 0 Å². The van der Waals surface area contributed by atoms with Gasteiger partial charge >= 0.3 is 0 Å². The minimum atomic E-state index is 0.745. The Labute approximate surface area is 104 Å². The Hall–Kier alpha value is -0.870. The molecule has 96 valence electrons. The van der Waals surface area contributed by atoms with Crippen LogP contribution in [0.25, 0.3) is 0 Å². The Morgan fingerprint density at radius 2 is 2.29 bits per heavy atom. The van der Waals surface area contributed by atoms with E-state index in [1.165, 1.54) is 30.7 Å². The van der Waals surface area contributed by atoms with Crippen LogP contribution in [0.1, 0.15) is 37.6 Å². The fraction of sp³-hybridized carbons (Fsp3) is 0.769. The van der Waals surface area contributed by atoms with Crippen molar-refractivity contribution < 1.29 is 0 Å². The van der Waals surface area contributed by atoms with Gasteiger partial charge in [0.25, 0.3) is 0 Å². The maximum Gasteiger partial charge on any atom is 0.0625 e. The zero-order valence-electron chi connectivity index (χ0n) is 11.0. The highest BCUT2D eigenvalue weighted by atomic mass is 15.3. The predicted octanol–water partition coefficient (Wildman–Crippen LogP) is 1.30. The number of nitrogens with two attached hydrogens (primary N) is 1. The molecule has 0 saturated heterocycles. The normalized spacial score (nSPS) is 16.5. The topological polar surface area (TPSA) is 47.1 Å². The van der Waals surface area contributed by atoms with E-state index in [1.807, 2.05) is 11.7 Å². The second kappa shape index (κ2) is 5.65. The van der Waals surface area contributed by atoms with Crippen LogP contribution in [-0.2, 0) is 20.0 Å². The molecule has 4 heteroatoms. The van der Waals surface area contributed by atoms with Crippen molar-refractivity contribution >= 4 is 0 Å². The average Bonchev–Trinajstić information content (AvgIpc) is 2.57. The lowest BCUT2D eigenvalue weighted by Crippen LogP contribution is -2.42. The molecule has 0 amide bonds. The molecule has 1 heterocycles. The molecular weight excluding hydrogens is 212 g/mol. The molecule has 1 fully saturated rings. The summed E-state index contributed by atoms with van der Waals surface area (Å²) in [5.41, 5.74) is 8.20. The molecule has 2 N–H and O–H groups in total. The standard InChI is InChI=1S/C13H24N4/c1-3-11-9-13(16(2)15-11)10-17(8-7-14)12-5-4-6-12/h9,12H,3-8,10,14H2,1-2H3. The second-order valence-corrected chi connectivity index (χ2v) is 4.95. The first-order valence-corrected chi connectivity index (χ1v) is 6.70. The largest absolute Gasteiger partial charge is 0.329 e. The van der Waals surface area contributed by atoms with Crippen molar-refractivity contribution in [1.82, 2.24) is 14.7 Å². The fourth-order valence-corrected chi connectivity index (χ4v) is 2.41. The molecule has 0 radical (unpaired) electrons. The van der Waals surface area contributed by atoms with E-state index in [9.17, 15) is 0 Å². The van der Waals surface area contributed by atoms with Crippen LogP contribution in [0.15, 0.2) is 6.07 Å². The monoisotopic (exact) mass is 236 g/mol. The number of aromatic nitrogens is 2. The minimum absolute atomic E-state index is 0.745. The molecule has 1 aliphatic rings. The number of hydrogen-bond donors (Lipinski definition) is 1. The van der Waals surface area contributed by atoms with Gasteiger partial charge in [0, 0.05) is 32.7 Å². The molecule has 0 unspecified atom stereocenters. The van der Waals surface area contributed by atoms with E-state index < -0.39 is 0 Å². The molecular formula is C13H24N4. The summed E-state index contributed by atoms with van der Waals surface area (Å²) in [6.45, 7) is 4.88. The third-order valence-electron chi connectivity index (χ3n) is 3.76. The summed E-state index contributed by atoms with van der Waals surface area (Å²) in [5.74, 6) is 0. The molecule has 0 aromatic carbocycles. The fourth-order valence-electron chi connectivity index (χ4n) is 2.41. The van der Waals surface area contributed by atoms with Gasteiger partial charge in [-0.2, -0.15) is 5.10 Å². The molecule has 1 aromatic heterocycles. The molecule has 0 aliphatic heterocycles. The molecule has 17 heavy (non-hydrogen) atoms. The quantitative estimate of drug-likeness (QED) is 0.810. The Morgan fingerprint density at radius 1 is 1.53 bits per heavy atom. The Balaban J connectivity index is 2.02. The van der Waals surface area contributed by atoms with Crippen molar-refractivity contribution in [2.75, 3.05) is 13.1 Å². The van der Waals surface area contributed by atoms with E-state index >= 15 is 0 Å². The van der Waals surface area contributed by atoms with E-state index in [4.69, 9.17) is 5.73 Å². The number of aryl methyl sites for hydroxylation is 2. The summed E-state index contributed by atoms with van der Waals surface area (Å²) in [7, 11) is 2.04. The van der Waals surface area contributed by atoms with Gasteiger partial charge in [0.05, 0.1) is 11.4 Å². The summed E-state index contributed by atoms with van der Waals surface area (Å²) >= 11 is 0. The first-order chi connectivity index (χ1) is 8.24. The maximum absolute atomic E-state index is 5.70. The van der Waals surface area contributed by atoms with Crippen LogP contribution in [0.4, 0.5) is 0 Å². The lowest BCUT2D eigenvalue weighted by molar-refractivity contribution is 0.120. The first kappa shape index (κ1) is 12.6. The van der Waals surface area contributed by atoms with Crippen molar-refractivity contribution in [3.05, 3.63) is 17.5 Å². The van der Waals surface area contributed by atoms with Gasteiger partial charge in [-0.1, -0.05) is 13.3 Å². The highest BCUT2D eigenvalue weighted by Crippen LogP contribution is 2.25. The third-order valence-corrected chi connectivity index (χ3v) is 3.76. The average molecular weight is 236 g/mol. The smallest absolute Gasteiger partial charge is 0.0625 e. The highest BCUT2D eigenvalue weighted by molar-refractivity contribution is 5.10. The molecule has 4 nitrogen and oxygen atoms in total. The lowest BCUT2D eigenvalue weighted by atomic mass is 9.91. The molecule has 1 saturated carbocycles. The van der Waals surface area contributed by atoms with E-state index in [-0.39, 0.29) is 0 Å². The van der Waals surface area contributed by atoms with Crippen LogP contribution < -0.4 is 5.73 Å². The van der Waals surface area contributed by atoms with Gasteiger partial charge in [-0.3, -0.25) is 9.58 Å². The molecule has 0 spiro atoms. The molecule has 2 rings (SSSR count). The zero-order valence-corrected chi connectivity index (χ0v) is 11.0. The summed E-state index contributed by atoms with van der Waals surface area (Å²) in [5, 5.41) is 4.50. The number of rotatable bonds is 6. The molecule has 1 aromatic rings. The number of hydrogen-bond acceptors (Lipinski definition) is 3. The van der Waals surface area contributed by atoms with Gasteiger partial charge in [-0.25, -0.2) is 0 Å². The van der Waals surface area contributed by atoms with Crippen LogP contribution in [0.5, 0.6) is 0 Å². The van der Waals surface area contributed by atoms with Crippen molar-refractivity contribution in [3.8, 4) is 0 Å². The van der Waals surface area contributed by atoms with Crippen LogP contribution in [-0.4, -0.2) is 33.8 Å². The summed E-state index contributed by atoms with van der Waals surface area (Å²) in [4.78, 5) is 2.51. The molecule has 0 bridgehead atoms. The van der Waals surface area contributed by atoms with Gasteiger partial charge in [-0.15, -0.1) is 0 Å². The van der Waals surface area contributed by atoms with Crippen LogP contribution in [0, 0.1) is 0 Å². The van der Waals surface area contributed by atoms with Crippen molar-refractivity contribution in [2.24, 2.45) is 12.8 Å². The van der Waals surface area contributed by atoms with Gasteiger partial charge in [0.15, 0.2) is 0 Å². The first-order valence-electron chi connectivity index (χ1n) is 6.70. The van der Waals surface area contributed by atoms with E-state index in [0.29, 0.717) is 0 Å². The van der Waals surface area contributed by atoms with Gasteiger partial charge in [0.1, 0.15) is 0 Å². The van der Waals surface area contributed by atoms with Crippen molar-refractivity contribution in [1.29, 1.82) is 0 Å². The van der Waals surface area contributed by atoms with Gasteiger partial charge < -0.3 is 5.73 Å². The Kier molecular flexibility index (Phi) is 4.18. The third kappa shape index (κ3) is 2.87. The highest BCUT2D eigenvalue weighted by Gasteiger charge is 2.25. The lowest BCUT2D eigenvalue weighted by Gasteiger charge is -2.37. The van der Waals surface area contributed by atoms with Crippen molar-refractivity contribution in [2.45, 2.75) is 45.2 Å². The van der Waals surface area contributed by atoms with E-state index in [1.54, 1.807) is 0 Å². The summed E-state index contributed by atoms with van der Waals surface area (Å²) in [6.07, 6.45) is 5.04. The van der Waals surface area contributed by atoms with Gasteiger partial charge in [-0.05, 0) is 25.3 Å². The van der Waals surface area contributed by atoms with Crippen molar-refractivity contribution in [3.63, 3.8) is 0 Å². The maximum atomic E-state index is 5.70. The zero-order chi connectivity index (χ0) is 12.3. The predicted molar refractivity (Wildman–Crippen MR) is 69.7 cm³/mol. The summed E-state index contributed by atoms with van der Waals surface area (Å²) in [6, 6.07) is 2.97. The Bertz CT molecular complexity index is 354. The molecule has 0 atom stereocenters. The van der Waals surface area contributed by atoms with E-state index in [0.717, 1.165) is 32.1 Å². The second-order valence-electron chi connectivity index (χ2n) is 4.95. The molecule has 1 aliphatic carbocycles. The van der Waals surface area contributed by atoms with Crippen LogP contribution in [0.3, 0.4) is 0 Å². The SMILES string of the molecule is CCc1cc(CN(CCN)C2CCC2)n(C)n1. The Morgan fingerprint density at radius 3 is 2.76 bits per heavy atom. The van der Waals surface area contributed by atoms with Crippen LogP contribution >= 0.6 is 0 Å². The summed E-state index contributed by atoms with van der Waals surface area (Å²) < 4.78 is 2.01. The van der Waals surface area contributed by atoms with Crippen LogP contribution in [0.2, 0.25) is 0 Å².